The minimum absolute atomic E-state index is 0.000247. The van der Waals surface area contributed by atoms with Gasteiger partial charge in [-0.2, -0.15) is 0 Å². The molecule has 2 N–H and O–H groups in total. The van der Waals surface area contributed by atoms with Gasteiger partial charge in [0, 0.05) is 12.1 Å². The average molecular weight is 349 g/mol. The number of hydrogen-bond acceptors (Lipinski definition) is 5. The molecule has 1 aliphatic rings. The summed E-state index contributed by atoms with van der Waals surface area (Å²) in [6.45, 7) is 2.80. The summed E-state index contributed by atoms with van der Waals surface area (Å²) in [7, 11) is 1.25. The molecule has 1 aromatic carbocycles. The van der Waals surface area contributed by atoms with E-state index in [2.05, 4.69) is 22.4 Å². The second kappa shape index (κ2) is 8.91. The van der Waals surface area contributed by atoms with E-state index in [0.717, 1.165) is 23.6 Å². The first kappa shape index (κ1) is 18.6. The lowest BCUT2D eigenvalue weighted by Gasteiger charge is -2.31. The van der Waals surface area contributed by atoms with Crippen molar-refractivity contribution in [1.29, 1.82) is 0 Å². The van der Waals surface area contributed by atoms with Gasteiger partial charge in [0.15, 0.2) is 0 Å². The maximum absolute atomic E-state index is 12.3. The molecule has 1 heterocycles. The van der Waals surface area contributed by atoms with E-state index in [4.69, 9.17) is 4.74 Å². The van der Waals surface area contributed by atoms with Gasteiger partial charge >= 0.3 is 12.0 Å². The first-order valence-electron chi connectivity index (χ1n) is 8.22. The van der Waals surface area contributed by atoms with Crippen molar-refractivity contribution in [2.75, 3.05) is 25.6 Å². The van der Waals surface area contributed by atoms with Gasteiger partial charge in [-0.05, 0) is 30.7 Å². The van der Waals surface area contributed by atoms with Crippen molar-refractivity contribution in [3.8, 4) is 5.75 Å². The summed E-state index contributed by atoms with van der Waals surface area (Å²) in [4.78, 5) is 35.6. The summed E-state index contributed by atoms with van der Waals surface area (Å²) >= 11 is 0. The van der Waals surface area contributed by atoms with Crippen LogP contribution in [0.2, 0.25) is 0 Å². The average Bonchev–Trinajstić information content (AvgIpc) is 2.62. The quantitative estimate of drug-likeness (QED) is 0.604. The predicted molar refractivity (Wildman–Crippen MR) is 90.8 cm³/mol. The summed E-state index contributed by atoms with van der Waals surface area (Å²) in [5.74, 6) is -0.861. The smallest absolute Gasteiger partial charge is 0.340 e. The Labute approximate surface area is 146 Å². The van der Waals surface area contributed by atoms with Gasteiger partial charge in [0.1, 0.15) is 5.75 Å². The molecule has 8 nitrogen and oxygen atoms in total. The van der Waals surface area contributed by atoms with E-state index >= 15 is 0 Å². The minimum Gasteiger partial charge on any atom is -0.494 e. The molecule has 0 aliphatic carbocycles. The minimum atomic E-state index is -0.668. The van der Waals surface area contributed by atoms with Crippen LogP contribution in [-0.2, 0) is 14.3 Å². The third-order valence-corrected chi connectivity index (χ3v) is 3.75. The highest BCUT2D eigenvalue weighted by molar-refractivity contribution is 5.93. The van der Waals surface area contributed by atoms with Crippen LogP contribution in [-0.4, -0.2) is 43.2 Å². The van der Waals surface area contributed by atoms with Crippen LogP contribution in [0.1, 0.15) is 26.2 Å². The van der Waals surface area contributed by atoms with Gasteiger partial charge in [0.05, 0.1) is 26.2 Å². The van der Waals surface area contributed by atoms with Crippen molar-refractivity contribution >= 4 is 23.6 Å². The Kier molecular flexibility index (Phi) is 6.62. The molecule has 1 unspecified atom stereocenters. The normalized spacial score (nSPS) is 16.8. The van der Waals surface area contributed by atoms with E-state index in [-0.39, 0.29) is 13.0 Å². The highest BCUT2D eigenvalue weighted by atomic mass is 16.5. The van der Waals surface area contributed by atoms with Crippen molar-refractivity contribution in [1.82, 2.24) is 10.4 Å². The lowest BCUT2D eigenvalue weighted by Crippen LogP contribution is -2.56. The van der Waals surface area contributed by atoms with E-state index in [1.807, 2.05) is 0 Å². The fourth-order valence-electron chi connectivity index (χ4n) is 2.37. The summed E-state index contributed by atoms with van der Waals surface area (Å²) < 4.78 is 10.2. The molecule has 3 amide bonds. The van der Waals surface area contributed by atoms with Gasteiger partial charge in [-0.25, -0.2) is 9.80 Å². The van der Waals surface area contributed by atoms with Gasteiger partial charge < -0.3 is 14.8 Å². The summed E-state index contributed by atoms with van der Waals surface area (Å²) in [6.07, 6.45) is 2.04. The second-order valence-corrected chi connectivity index (χ2v) is 5.73. The van der Waals surface area contributed by atoms with E-state index in [9.17, 15) is 14.4 Å². The van der Waals surface area contributed by atoms with E-state index < -0.39 is 23.8 Å². The van der Waals surface area contributed by atoms with Gasteiger partial charge in [-0.1, -0.05) is 13.3 Å². The van der Waals surface area contributed by atoms with Crippen LogP contribution >= 0.6 is 0 Å². The number of nitrogens with one attached hydrogen (secondary N) is 2. The Morgan fingerprint density at radius 1 is 1.32 bits per heavy atom. The number of carbonyl (C=O) groups is 3. The monoisotopic (exact) mass is 349 g/mol. The number of unbranched alkanes of at least 4 members (excludes halogenated alkanes) is 1. The number of amides is 3. The number of methoxy groups -OCH3 is 1. The summed E-state index contributed by atoms with van der Waals surface area (Å²) in [5.41, 5.74) is 3.00. The molecule has 1 atom stereocenters. The van der Waals surface area contributed by atoms with Crippen LogP contribution < -0.4 is 15.5 Å². The van der Waals surface area contributed by atoms with Crippen LogP contribution in [0.3, 0.4) is 0 Å². The third kappa shape index (κ3) is 5.37. The molecule has 0 spiro atoms. The number of carbonyl (C=O) groups excluding carboxylic acids is 3. The Hall–Kier alpha value is -2.77. The van der Waals surface area contributed by atoms with Gasteiger partial charge in [-0.3, -0.25) is 15.0 Å². The number of anilines is 1. The molecule has 2 rings (SSSR count). The predicted octanol–water partition coefficient (Wildman–Crippen LogP) is 1.92. The maximum atomic E-state index is 12.3. The molecule has 25 heavy (non-hydrogen) atoms. The lowest BCUT2D eigenvalue weighted by molar-refractivity contribution is -0.151. The molecule has 0 aromatic heterocycles. The number of rotatable bonds is 6. The van der Waals surface area contributed by atoms with Crippen molar-refractivity contribution in [2.24, 2.45) is 5.92 Å². The first-order valence-corrected chi connectivity index (χ1v) is 8.22. The fraction of sp³-hybridized carbons (Fsp3) is 0.471. The molecular formula is C17H23N3O5. The van der Waals surface area contributed by atoms with Crippen molar-refractivity contribution in [2.45, 2.75) is 26.2 Å². The SMILES string of the molecule is CCCCOc1ccc(NC(=O)N2CC(C(=O)OC)CC(=O)N2)cc1. The number of esters is 1. The van der Waals surface area contributed by atoms with Crippen LogP contribution in [0.25, 0.3) is 0 Å². The van der Waals surface area contributed by atoms with Crippen molar-refractivity contribution < 1.29 is 23.9 Å². The van der Waals surface area contributed by atoms with E-state index in [1.54, 1.807) is 24.3 Å². The Bertz CT molecular complexity index is 617. The molecule has 1 saturated heterocycles. The Morgan fingerprint density at radius 3 is 2.68 bits per heavy atom. The zero-order valence-electron chi connectivity index (χ0n) is 14.4. The molecule has 136 valence electrons. The van der Waals surface area contributed by atoms with Crippen LogP contribution in [0, 0.1) is 5.92 Å². The van der Waals surface area contributed by atoms with Crippen molar-refractivity contribution in [3.63, 3.8) is 0 Å². The lowest BCUT2D eigenvalue weighted by atomic mass is 10.0. The standard InChI is InChI=1S/C17H23N3O5/c1-3-4-9-25-14-7-5-13(6-8-14)18-17(23)20-11-12(16(22)24-2)10-15(21)19-20/h5-8,12H,3-4,9-11H2,1-2H3,(H,18,23)(H,19,21). The number of nitrogens with zero attached hydrogens (tertiary/aromatic N) is 1. The second-order valence-electron chi connectivity index (χ2n) is 5.73. The maximum Gasteiger partial charge on any atom is 0.340 e. The number of hydrogen-bond donors (Lipinski definition) is 2. The Morgan fingerprint density at radius 2 is 2.04 bits per heavy atom. The molecule has 1 aliphatic heterocycles. The highest BCUT2D eigenvalue weighted by Gasteiger charge is 2.33. The zero-order chi connectivity index (χ0) is 18.2. The topological polar surface area (TPSA) is 97.0 Å². The number of benzene rings is 1. The number of urea groups is 1. The van der Waals surface area contributed by atoms with E-state index in [0.29, 0.717) is 12.3 Å². The van der Waals surface area contributed by atoms with Gasteiger partial charge in [-0.15, -0.1) is 0 Å². The molecule has 1 aromatic rings. The third-order valence-electron chi connectivity index (χ3n) is 3.75. The van der Waals surface area contributed by atoms with E-state index in [1.165, 1.54) is 7.11 Å². The largest absolute Gasteiger partial charge is 0.494 e. The van der Waals surface area contributed by atoms with Gasteiger partial charge in [0.2, 0.25) is 5.91 Å². The summed E-state index contributed by atoms with van der Waals surface area (Å²) in [5, 5.41) is 3.75. The van der Waals surface area contributed by atoms with Crippen molar-refractivity contribution in [3.05, 3.63) is 24.3 Å². The molecule has 1 fully saturated rings. The molecular weight excluding hydrogens is 326 g/mol. The van der Waals surface area contributed by atoms with Crippen LogP contribution in [0.15, 0.2) is 24.3 Å². The number of hydrazine groups is 1. The first-order chi connectivity index (χ1) is 12.0. The van der Waals surface area contributed by atoms with Crippen LogP contribution in [0.4, 0.5) is 10.5 Å². The van der Waals surface area contributed by atoms with Crippen LogP contribution in [0.5, 0.6) is 5.75 Å². The Balaban J connectivity index is 1.92. The molecule has 8 heteroatoms. The summed E-state index contributed by atoms with van der Waals surface area (Å²) in [6, 6.07) is 6.42. The molecule has 0 bridgehead atoms. The fourth-order valence-corrected chi connectivity index (χ4v) is 2.37. The number of ether oxygens (including phenoxy) is 2. The zero-order valence-corrected chi connectivity index (χ0v) is 14.4. The van der Waals surface area contributed by atoms with Gasteiger partial charge in [0.25, 0.3) is 0 Å². The highest BCUT2D eigenvalue weighted by Crippen LogP contribution is 2.18. The molecule has 0 radical (unpaired) electrons. The molecule has 0 saturated carbocycles.